The molecule has 0 saturated heterocycles. The smallest absolute Gasteiger partial charge is 0.261 e. The van der Waals surface area contributed by atoms with E-state index in [9.17, 15) is 9.18 Å². The highest BCUT2D eigenvalue weighted by Gasteiger charge is 2.07. The first-order chi connectivity index (χ1) is 10.7. The number of rotatable bonds is 3. The van der Waals surface area contributed by atoms with Crippen LogP contribution in [0.5, 0.6) is 0 Å². The fourth-order valence-electron chi connectivity index (χ4n) is 2.39. The molecule has 0 aliphatic rings. The number of hydrogen-bond acceptors (Lipinski definition) is 2. The number of benzene rings is 2. The zero-order chi connectivity index (χ0) is 15.5. The van der Waals surface area contributed by atoms with Crippen molar-refractivity contribution in [3.05, 3.63) is 76.1 Å². The van der Waals surface area contributed by atoms with E-state index in [0.717, 1.165) is 0 Å². The van der Waals surface area contributed by atoms with Crippen molar-refractivity contribution in [1.29, 1.82) is 0 Å². The summed E-state index contributed by atoms with van der Waals surface area (Å²) in [4.78, 5) is 17.0. The first kappa shape index (κ1) is 14.2. The van der Waals surface area contributed by atoms with E-state index in [0.29, 0.717) is 28.8 Å². The number of para-hydroxylation sites is 1. The summed E-state index contributed by atoms with van der Waals surface area (Å²) in [7, 11) is 0. The molecule has 0 aliphatic carbocycles. The standard InChI is InChI=1S/C18H15FN2O/c1-2-21-17(12-11-13-7-3-5-9-15(13)19)20-16-10-6-4-8-14(16)18(21)22/h3-12H,2H2,1H3/b12-11+. The minimum absolute atomic E-state index is 0.0821. The van der Waals surface area contributed by atoms with Gasteiger partial charge in [-0.2, -0.15) is 0 Å². The Morgan fingerprint density at radius 2 is 1.82 bits per heavy atom. The topological polar surface area (TPSA) is 34.9 Å². The van der Waals surface area contributed by atoms with Crippen LogP contribution >= 0.6 is 0 Å². The van der Waals surface area contributed by atoms with Crippen LogP contribution in [0.4, 0.5) is 4.39 Å². The van der Waals surface area contributed by atoms with Crippen molar-refractivity contribution in [2.24, 2.45) is 0 Å². The van der Waals surface area contributed by atoms with E-state index in [1.54, 1.807) is 47.1 Å². The van der Waals surface area contributed by atoms with Crippen molar-refractivity contribution in [3.8, 4) is 0 Å². The Hall–Kier alpha value is -2.75. The number of nitrogens with zero attached hydrogens (tertiary/aromatic N) is 2. The van der Waals surface area contributed by atoms with Gasteiger partial charge >= 0.3 is 0 Å². The highest BCUT2D eigenvalue weighted by molar-refractivity contribution is 5.79. The Balaban J connectivity index is 2.14. The Morgan fingerprint density at radius 1 is 1.09 bits per heavy atom. The summed E-state index contributed by atoms with van der Waals surface area (Å²) in [6.07, 6.45) is 3.31. The summed E-state index contributed by atoms with van der Waals surface area (Å²) in [5.41, 5.74) is 1.03. The number of halogens is 1. The van der Waals surface area contributed by atoms with Gasteiger partial charge in [0.15, 0.2) is 0 Å². The van der Waals surface area contributed by atoms with E-state index in [-0.39, 0.29) is 11.4 Å². The average Bonchev–Trinajstić information content (AvgIpc) is 2.54. The maximum atomic E-state index is 13.7. The second-order valence-corrected chi connectivity index (χ2v) is 4.89. The van der Waals surface area contributed by atoms with Crippen LogP contribution in [-0.4, -0.2) is 9.55 Å². The van der Waals surface area contributed by atoms with Crippen molar-refractivity contribution in [3.63, 3.8) is 0 Å². The number of hydrogen-bond donors (Lipinski definition) is 0. The molecule has 0 atom stereocenters. The van der Waals surface area contributed by atoms with E-state index < -0.39 is 0 Å². The molecule has 0 unspecified atom stereocenters. The van der Waals surface area contributed by atoms with Crippen LogP contribution in [0.3, 0.4) is 0 Å². The molecule has 0 N–H and O–H groups in total. The SMILES string of the molecule is CCn1c(/C=C/c2ccccc2F)nc2ccccc2c1=O. The Morgan fingerprint density at radius 3 is 2.59 bits per heavy atom. The first-order valence-electron chi connectivity index (χ1n) is 7.13. The fourth-order valence-corrected chi connectivity index (χ4v) is 2.39. The molecule has 22 heavy (non-hydrogen) atoms. The van der Waals surface area contributed by atoms with Crippen LogP contribution in [-0.2, 0) is 6.54 Å². The van der Waals surface area contributed by atoms with Gasteiger partial charge in [-0.1, -0.05) is 30.3 Å². The maximum Gasteiger partial charge on any atom is 0.261 e. The van der Waals surface area contributed by atoms with E-state index in [4.69, 9.17) is 0 Å². The van der Waals surface area contributed by atoms with E-state index >= 15 is 0 Å². The quantitative estimate of drug-likeness (QED) is 0.738. The Bertz CT molecular complexity index is 912. The lowest BCUT2D eigenvalue weighted by Gasteiger charge is -2.08. The van der Waals surface area contributed by atoms with E-state index in [1.165, 1.54) is 6.07 Å². The van der Waals surface area contributed by atoms with Crippen molar-refractivity contribution in [2.75, 3.05) is 0 Å². The molecule has 0 spiro atoms. The van der Waals surface area contributed by atoms with Gasteiger partial charge in [-0.25, -0.2) is 9.37 Å². The molecule has 0 fully saturated rings. The molecule has 3 nitrogen and oxygen atoms in total. The molecule has 4 heteroatoms. The zero-order valence-electron chi connectivity index (χ0n) is 12.2. The van der Waals surface area contributed by atoms with Crippen LogP contribution in [0, 0.1) is 5.82 Å². The molecule has 0 bridgehead atoms. The van der Waals surface area contributed by atoms with Crippen LogP contribution in [0.2, 0.25) is 0 Å². The molecule has 0 amide bonds. The van der Waals surface area contributed by atoms with Gasteiger partial charge in [0.25, 0.3) is 5.56 Å². The van der Waals surface area contributed by atoms with Gasteiger partial charge in [0.1, 0.15) is 11.6 Å². The molecule has 0 aliphatic heterocycles. The van der Waals surface area contributed by atoms with E-state index in [2.05, 4.69) is 4.98 Å². The lowest BCUT2D eigenvalue weighted by Crippen LogP contribution is -2.22. The summed E-state index contributed by atoms with van der Waals surface area (Å²) >= 11 is 0. The monoisotopic (exact) mass is 294 g/mol. The number of aromatic nitrogens is 2. The van der Waals surface area contributed by atoms with Crippen LogP contribution in [0.25, 0.3) is 23.1 Å². The second kappa shape index (κ2) is 5.93. The summed E-state index contributed by atoms with van der Waals surface area (Å²) < 4.78 is 15.2. The Kier molecular flexibility index (Phi) is 3.83. The summed E-state index contributed by atoms with van der Waals surface area (Å²) in [5.74, 6) is 0.222. The van der Waals surface area contributed by atoms with Crippen LogP contribution in [0.15, 0.2) is 53.3 Å². The lowest BCUT2D eigenvalue weighted by atomic mass is 10.2. The van der Waals surface area contributed by atoms with Crippen LogP contribution < -0.4 is 5.56 Å². The normalized spacial score (nSPS) is 11.4. The van der Waals surface area contributed by atoms with Gasteiger partial charge in [0.05, 0.1) is 10.9 Å². The molecular formula is C18H15FN2O. The van der Waals surface area contributed by atoms with Gasteiger partial charge < -0.3 is 0 Å². The molecule has 2 aromatic carbocycles. The molecule has 3 rings (SSSR count). The highest BCUT2D eigenvalue weighted by Crippen LogP contribution is 2.13. The van der Waals surface area contributed by atoms with Crippen molar-refractivity contribution in [1.82, 2.24) is 9.55 Å². The van der Waals surface area contributed by atoms with Gasteiger partial charge in [-0.05, 0) is 37.3 Å². The largest absolute Gasteiger partial charge is 0.293 e. The minimum atomic E-state index is -0.301. The minimum Gasteiger partial charge on any atom is -0.293 e. The summed E-state index contributed by atoms with van der Waals surface area (Å²) in [6.45, 7) is 2.39. The zero-order valence-corrected chi connectivity index (χ0v) is 12.2. The molecule has 1 heterocycles. The molecule has 110 valence electrons. The second-order valence-electron chi connectivity index (χ2n) is 4.89. The van der Waals surface area contributed by atoms with Gasteiger partial charge in [-0.15, -0.1) is 0 Å². The third kappa shape index (κ3) is 2.55. The molecule has 1 aromatic heterocycles. The van der Waals surface area contributed by atoms with Gasteiger partial charge in [0, 0.05) is 12.1 Å². The van der Waals surface area contributed by atoms with E-state index in [1.807, 2.05) is 19.1 Å². The first-order valence-corrected chi connectivity index (χ1v) is 7.13. The molecular weight excluding hydrogens is 279 g/mol. The third-order valence-electron chi connectivity index (χ3n) is 3.52. The lowest BCUT2D eigenvalue weighted by molar-refractivity contribution is 0.625. The number of fused-ring (bicyclic) bond motifs is 1. The molecule has 3 aromatic rings. The molecule has 0 saturated carbocycles. The fraction of sp³-hybridized carbons (Fsp3) is 0.111. The predicted molar refractivity (Wildman–Crippen MR) is 87.0 cm³/mol. The summed E-state index contributed by atoms with van der Waals surface area (Å²) in [6, 6.07) is 13.7. The highest BCUT2D eigenvalue weighted by atomic mass is 19.1. The average molecular weight is 294 g/mol. The van der Waals surface area contributed by atoms with Crippen molar-refractivity contribution in [2.45, 2.75) is 13.5 Å². The van der Waals surface area contributed by atoms with Gasteiger partial charge in [-0.3, -0.25) is 9.36 Å². The maximum absolute atomic E-state index is 13.7. The third-order valence-corrected chi connectivity index (χ3v) is 3.52. The summed E-state index contributed by atoms with van der Waals surface area (Å²) in [5, 5.41) is 0.590. The predicted octanol–water partition coefficient (Wildman–Crippen LogP) is 3.73. The van der Waals surface area contributed by atoms with Crippen LogP contribution in [0.1, 0.15) is 18.3 Å². The Labute approximate surface area is 127 Å². The molecule has 0 radical (unpaired) electrons. The van der Waals surface area contributed by atoms with Gasteiger partial charge in [0.2, 0.25) is 0 Å². The van der Waals surface area contributed by atoms with Crippen molar-refractivity contribution < 1.29 is 4.39 Å². The van der Waals surface area contributed by atoms with Crippen molar-refractivity contribution >= 4 is 23.1 Å².